The Hall–Kier alpha value is -1.24. The molecule has 0 unspecified atom stereocenters. The Morgan fingerprint density at radius 1 is 1.21 bits per heavy atom. The molecule has 0 N–H and O–H groups in total. The van der Waals surface area contributed by atoms with E-state index in [2.05, 4.69) is 49.1 Å². The number of hydrogen-bond donors (Lipinski definition) is 0. The summed E-state index contributed by atoms with van der Waals surface area (Å²) in [6.07, 6.45) is 5.58. The van der Waals surface area contributed by atoms with E-state index >= 15 is 0 Å². The van der Waals surface area contributed by atoms with Gasteiger partial charge in [-0.05, 0) is 36.6 Å². The van der Waals surface area contributed by atoms with Crippen molar-refractivity contribution >= 4 is 5.69 Å². The lowest BCUT2D eigenvalue weighted by atomic mass is 10.1. The monoisotopic (exact) mass is 187 g/mol. The van der Waals surface area contributed by atoms with Crippen LogP contribution >= 0.6 is 0 Å². The minimum absolute atomic E-state index is 1.06. The maximum atomic E-state index is 2.38. The molecule has 2 rings (SSSR count). The molecule has 0 saturated heterocycles. The molecule has 0 bridgehead atoms. The maximum absolute atomic E-state index is 2.38. The predicted octanol–water partition coefficient (Wildman–Crippen LogP) is 2.93. The number of benzene rings is 1. The van der Waals surface area contributed by atoms with Crippen molar-refractivity contribution in [2.45, 2.75) is 20.3 Å². The second-order valence-corrected chi connectivity index (χ2v) is 3.84. The van der Waals surface area contributed by atoms with Gasteiger partial charge in [0.15, 0.2) is 0 Å². The predicted molar refractivity (Wildman–Crippen MR) is 61.9 cm³/mol. The van der Waals surface area contributed by atoms with Crippen LogP contribution in [-0.4, -0.2) is 13.1 Å². The summed E-state index contributed by atoms with van der Waals surface area (Å²) in [6.45, 7) is 6.53. The molecule has 1 aliphatic rings. The molecular weight excluding hydrogens is 170 g/mol. The average molecular weight is 187 g/mol. The second-order valence-electron chi connectivity index (χ2n) is 3.84. The molecule has 0 aliphatic carbocycles. The van der Waals surface area contributed by atoms with Crippen molar-refractivity contribution in [3.63, 3.8) is 0 Å². The van der Waals surface area contributed by atoms with Crippen molar-refractivity contribution in [2.75, 3.05) is 18.0 Å². The van der Waals surface area contributed by atoms with Gasteiger partial charge in [0, 0.05) is 18.8 Å². The molecule has 1 nitrogen and oxygen atoms in total. The number of nitrogens with zero attached hydrogens (tertiary/aromatic N) is 1. The molecule has 14 heavy (non-hydrogen) atoms. The first-order valence-electron chi connectivity index (χ1n) is 5.30. The highest BCUT2D eigenvalue weighted by Gasteiger charge is 2.08. The van der Waals surface area contributed by atoms with Gasteiger partial charge in [-0.3, -0.25) is 0 Å². The van der Waals surface area contributed by atoms with Crippen LogP contribution in [0.25, 0.3) is 0 Å². The quantitative estimate of drug-likeness (QED) is 0.643. The van der Waals surface area contributed by atoms with E-state index in [1.54, 1.807) is 0 Å². The fraction of sp³-hybridized carbons (Fsp3) is 0.385. The molecule has 0 aromatic heterocycles. The van der Waals surface area contributed by atoms with Gasteiger partial charge in [-0.2, -0.15) is 0 Å². The number of rotatable bonds is 2. The van der Waals surface area contributed by atoms with E-state index in [9.17, 15) is 0 Å². The summed E-state index contributed by atoms with van der Waals surface area (Å²) in [4.78, 5) is 2.38. The van der Waals surface area contributed by atoms with Gasteiger partial charge in [0.25, 0.3) is 0 Å². The van der Waals surface area contributed by atoms with Crippen LogP contribution in [0.15, 0.2) is 30.4 Å². The van der Waals surface area contributed by atoms with Gasteiger partial charge < -0.3 is 4.90 Å². The Morgan fingerprint density at radius 2 is 1.93 bits per heavy atom. The lowest BCUT2D eigenvalue weighted by Crippen LogP contribution is -2.18. The standard InChI is InChI=1S/C13H17N/c1-3-12-6-7-13(10-11(12)2)14-8-4-5-9-14/h4-7,10H,3,8-9H2,1-2H3. The van der Waals surface area contributed by atoms with Gasteiger partial charge in [-0.15, -0.1) is 0 Å². The molecule has 1 aromatic carbocycles. The molecular formula is C13H17N. The zero-order chi connectivity index (χ0) is 9.97. The van der Waals surface area contributed by atoms with Crippen LogP contribution in [-0.2, 0) is 6.42 Å². The third-order valence-electron chi connectivity index (χ3n) is 2.89. The van der Waals surface area contributed by atoms with Crippen LogP contribution in [0.3, 0.4) is 0 Å². The molecule has 0 fully saturated rings. The van der Waals surface area contributed by atoms with Crippen LogP contribution in [0.5, 0.6) is 0 Å². The van der Waals surface area contributed by atoms with Gasteiger partial charge >= 0.3 is 0 Å². The largest absolute Gasteiger partial charge is 0.364 e. The fourth-order valence-corrected chi connectivity index (χ4v) is 1.96. The normalized spacial score (nSPS) is 15.1. The molecule has 0 saturated carbocycles. The maximum Gasteiger partial charge on any atom is 0.0374 e. The summed E-state index contributed by atoms with van der Waals surface area (Å²) in [7, 11) is 0. The molecule has 0 spiro atoms. The van der Waals surface area contributed by atoms with E-state index in [-0.39, 0.29) is 0 Å². The lowest BCUT2D eigenvalue weighted by molar-refractivity contribution is 0.999. The van der Waals surface area contributed by atoms with Crippen molar-refractivity contribution in [1.82, 2.24) is 0 Å². The molecule has 1 heterocycles. The minimum atomic E-state index is 1.06. The van der Waals surface area contributed by atoms with Crippen LogP contribution in [0.2, 0.25) is 0 Å². The third-order valence-corrected chi connectivity index (χ3v) is 2.89. The second kappa shape index (κ2) is 3.87. The first kappa shape index (κ1) is 9.32. The molecule has 1 aromatic rings. The highest BCUT2D eigenvalue weighted by atomic mass is 15.1. The van der Waals surface area contributed by atoms with Crippen LogP contribution in [0.1, 0.15) is 18.1 Å². The molecule has 0 amide bonds. The summed E-state index contributed by atoms with van der Waals surface area (Å²) in [5.74, 6) is 0. The van der Waals surface area contributed by atoms with Gasteiger partial charge in [-0.25, -0.2) is 0 Å². The molecule has 74 valence electrons. The van der Waals surface area contributed by atoms with Crippen molar-refractivity contribution in [3.8, 4) is 0 Å². The van der Waals surface area contributed by atoms with Crippen LogP contribution in [0.4, 0.5) is 5.69 Å². The first-order valence-corrected chi connectivity index (χ1v) is 5.30. The Kier molecular flexibility index (Phi) is 2.58. The summed E-state index contributed by atoms with van der Waals surface area (Å²) >= 11 is 0. The minimum Gasteiger partial charge on any atom is -0.364 e. The average Bonchev–Trinajstić information content (AvgIpc) is 2.70. The first-order chi connectivity index (χ1) is 6.81. The van der Waals surface area contributed by atoms with Gasteiger partial charge in [-0.1, -0.05) is 25.1 Å². The van der Waals surface area contributed by atoms with Crippen molar-refractivity contribution in [3.05, 3.63) is 41.5 Å². The van der Waals surface area contributed by atoms with Crippen molar-refractivity contribution < 1.29 is 0 Å². The Labute approximate surface area is 86.1 Å². The SMILES string of the molecule is CCc1ccc(N2CC=CC2)cc1C. The summed E-state index contributed by atoms with van der Waals surface area (Å²) in [6, 6.07) is 6.79. The van der Waals surface area contributed by atoms with E-state index < -0.39 is 0 Å². The Bertz CT molecular complexity index is 344. The summed E-state index contributed by atoms with van der Waals surface area (Å²) in [5, 5.41) is 0. The molecule has 1 aliphatic heterocycles. The van der Waals surface area contributed by atoms with E-state index in [0.717, 1.165) is 19.5 Å². The number of anilines is 1. The summed E-state index contributed by atoms with van der Waals surface area (Å²) in [5.41, 5.74) is 4.22. The van der Waals surface area contributed by atoms with E-state index in [0.29, 0.717) is 0 Å². The smallest absolute Gasteiger partial charge is 0.0374 e. The van der Waals surface area contributed by atoms with E-state index in [4.69, 9.17) is 0 Å². The van der Waals surface area contributed by atoms with Gasteiger partial charge in [0.1, 0.15) is 0 Å². The highest BCUT2D eigenvalue weighted by molar-refractivity contribution is 5.52. The Morgan fingerprint density at radius 3 is 2.50 bits per heavy atom. The lowest BCUT2D eigenvalue weighted by Gasteiger charge is -2.19. The number of hydrogen-bond acceptors (Lipinski definition) is 1. The Balaban J connectivity index is 2.23. The van der Waals surface area contributed by atoms with E-state index in [1.807, 2.05) is 0 Å². The van der Waals surface area contributed by atoms with Crippen molar-refractivity contribution in [1.29, 1.82) is 0 Å². The van der Waals surface area contributed by atoms with Crippen LogP contribution in [0, 0.1) is 6.92 Å². The van der Waals surface area contributed by atoms with E-state index in [1.165, 1.54) is 16.8 Å². The zero-order valence-corrected chi connectivity index (χ0v) is 8.96. The zero-order valence-electron chi connectivity index (χ0n) is 8.96. The van der Waals surface area contributed by atoms with Crippen LogP contribution < -0.4 is 4.90 Å². The molecule has 0 radical (unpaired) electrons. The molecule has 0 atom stereocenters. The van der Waals surface area contributed by atoms with Crippen molar-refractivity contribution in [2.24, 2.45) is 0 Å². The third kappa shape index (κ3) is 1.67. The summed E-state index contributed by atoms with van der Waals surface area (Å²) < 4.78 is 0. The van der Waals surface area contributed by atoms with Gasteiger partial charge in [0.05, 0.1) is 0 Å². The topological polar surface area (TPSA) is 3.24 Å². The fourth-order valence-electron chi connectivity index (χ4n) is 1.96. The molecule has 1 heteroatoms. The highest BCUT2D eigenvalue weighted by Crippen LogP contribution is 2.21. The number of aryl methyl sites for hydroxylation is 2. The van der Waals surface area contributed by atoms with Gasteiger partial charge in [0.2, 0.25) is 0 Å².